The highest BCUT2D eigenvalue weighted by Gasteiger charge is 2.21. The average molecular weight is 327 g/mol. The fraction of sp³-hybridized carbons (Fsp3) is 0.308. The number of halogens is 1. The van der Waals surface area contributed by atoms with Crippen LogP contribution in [0.1, 0.15) is 18.3 Å². The summed E-state index contributed by atoms with van der Waals surface area (Å²) < 4.78 is 5.48. The van der Waals surface area contributed by atoms with Crippen LogP contribution in [-0.2, 0) is 9.53 Å². The van der Waals surface area contributed by atoms with Gasteiger partial charge in [-0.1, -0.05) is 0 Å². The maximum absolute atomic E-state index is 11.7. The number of esters is 1. The van der Waals surface area contributed by atoms with Gasteiger partial charge in [0.05, 0.1) is 12.8 Å². The zero-order valence-corrected chi connectivity index (χ0v) is 12.8. The van der Waals surface area contributed by atoms with E-state index in [4.69, 9.17) is 0 Å². The predicted octanol–water partition coefficient (Wildman–Crippen LogP) is 2.69. The van der Waals surface area contributed by atoms with Crippen LogP contribution in [0.5, 0.6) is 0 Å². The number of hydrogen-bond acceptors (Lipinski definition) is 5. The second kappa shape index (κ2) is 6.47. The molecular weight excluding hydrogens is 312 g/mol. The summed E-state index contributed by atoms with van der Waals surface area (Å²) in [5.74, 6) is -0.895. The van der Waals surface area contributed by atoms with Gasteiger partial charge in [0.15, 0.2) is 5.76 Å². The molecule has 102 valence electrons. The number of carbonyl (C=O) groups is 1. The average Bonchev–Trinajstić information content (AvgIpc) is 2.41. The summed E-state index contributed by atoms with van der Waals surface area (Å²) in [6.45, 7) is 3.41. The number of methoxy groups -OCH3 is 1. The van der Waals surface area contributed by atoms with Gasteiger partial charge in [-0.25, -0.2) is 9.78 Å². The number of aryl methyl sites for hydroxylation is 1. The number of ether oxygens (including phenoxy) is 1. The minimum atomic E-state index is -0.650. The van der Waals surface area contributed by atoms with Crippen LogP contribution in [0, 0.1) is 6.92 Å². The van der Waals surface area contributed by atoms with Gasteiger partial charge < -0.3 is 9.84 Å². The first kappa shape index (κ1) is 15.4. The van der Waals surface area contributed by atoms with Gasteiger partial charge in [0.25, 0.3) is 0 Å². The monoisotopic (exact) mass is 326 g/mol. The molecule has 0 atom stereocenters. The Morgan fingerprint density at radius 1 is 1.47 bits per heavy atom. The van der Waals surface area contributed by atoms with E-state index in [9.17, 15) is 9.90 Å². The smallest absolute Gasteiger partial charge is 0.343 e. The lowest BCUT2D eigenvalue weighted by Crippen LogP contribution is -2.15. The second-order valence-electron chi connectivity index (χ2n) is 3.79. The van der Waals surface area contributed by atoms with Crippen molar-refractivity contribution in [2.24, 2.45) is 4.99 Å². The van der Waals surface area contributed by atoms with E-state index in [0.717, 1.165) is 4.47 Å². The van der Waals surface area contributed by atoms with Crippen molar-refractivity contribution in [2.45, 2.75) is 13.8 Å². The molecular formula is C13H15BrN2O3. The van der Waals surface area contributed by atoms with Crippen molar-refractivity contribution in [3.63, 3.8) is 0 Å². The Morgan fingerprint density at radius 2 is 2.11 bits per heavy atom. The van der Waals surface area contributed by atoms with Crippen molar-refractivity contribution in [3.05, 3.63) is 33.6 Å². The van der Waals surface area contributed by atoms with E-state index in [1.165, 1.54) is 14.2 Å². The molecule has 1 heterocycles. The molecule has 5 nitrogen and oxygen atoms in total. The summed E-state index contributed by atoms with van der Waals surface area (Å²) in [6, 6.07) is 3.36. The number of aliphatic hydroxyl groups excluding tert-OH is 1. The number of pyridine rings is 1. The number of aliphatic hydroxyl groups is 1. The SMILES string of the molecule is CN=C(C)C(C(=O)OC)=C(O)c1ccc(Br)c(C)n1. The Bertz CT molecular complexity index is 565. The Hall–Kier alpha value is -1.69. The summed E-state index contributed by atoms with van der Waals surface area (Å²) in [7, 11) is 2.78. The molecule has 0 saturated heterocycles. The van der Waals surface area contributed by atoms with Gasteiger partial charge in [-0.3, -0.25) is 4.99 Å². The molecule has 6 heteroatoms. The number of hydrogen-bond donors (Lipinski definition) is 1. The van der Waals surface area contributed by atoms with Gasteiger partial charge >= 0.3 is 5.97 Å². The molecule has 1 aromatic heterocycles. The Labute approximate surface area is 120 Å². The summed E-state index contributed by atoms with van der Waals surface area (Å²) in [6.07, 6.45) is 0. The fourth-order valence-corrected chi connectivity index (χ4v) is 1.65. The van der Waals surface area contributed by atoms with E-state index in [1.54, 1.807) is 26.0 Å². The van der Waals surface area contributed by atoms with E-state index in [0.29, 0.717) is 17.1 Å². The predicted molar refractivity (Wildman–Crippen MR) is 77.3 cm³/mol. The van der Waals surface area contributed by atoms with Crippen LogP contribution in [0.3, 0.4) is 0 Å². The highest BCUT2D eigenvalue weighted by atomic mass is 79.9. The van der Waals surface area contributed by atoms with Crippen LogP contribution in [0.2, 0.25) is 0 Å². The molecule has 1 rings (SSSR count). The van der Waals surface area contributed by atoms with Crippen LogP contribution >= 0.6 is 15.9 Å². The van der Waals surface area contributed by atoms with Crippen molar-refractivity contribution < 1.29 is 14.6 Å². The molecule has 0 fully saturated rings. The number of aliphatic imine (C=N–C) groups is 1. The molecule has 0 unspecified atom stereocenters. The third kappa shape index (κ3) is 3.41. The van der Waals surface area contributed by atoms with Crippen molar-refractivity contribution in [2.75, 3.05) is 14.2 Å². The van der Waals surface area contributed by atoms with Crippen LogP contribution in [0.15, 0.2) is 27.2 Å². The maximum Gasteiger partial charge on any atom is 0.343 e. The first-order chi connectivity index (χ1) is 8.92. The van der Waals surface area contributed by atoms with Gasteiger partial charge in [-0.2, -0.15) is 0 Å². The van der Waals surface area contributed by atoms with Gasteiger partial charge in [-0.15, -0.1) is 0 Å². The Balaban J connectivity index is 3.44. The van der Waals surface area contributed by atoms with Crippen molar-refractivity contribution in [1.82, 2.24) is 4.98 Å². The minimum Gasteiger partial charge on any atom is -0.505 e. The van der Waals surface area contributed by atoms with Gasteiger partial charge in [0, 0.05) is 17.2 Å². The molecule has 1 N–H and O–H groups in total. The fourth-order valence-electron chi connectivity index (χ4n) is 1.43. The highest BCUT2D eigenvalue weighted by molar-refractivity contribution is 9.10. The lowest BCUT2D eigenvalue weighted by Gasteiger charge is -2.09. The standard InChI is InChI=1S/C13H15BrN2O3/c1-7-9(14)5-6-10(16-7)12(17)11(8(2)15-3)13(18)19-4/h5-6,17H,1-4H3. The Kier molecular flexibility index (Phi) is 5.23. The summed E-state index contributed by atoms with van der Waals surface area (Å²) in [5.41, 5.74) is 1.40. The number of aromatic nitrogens is 1. The van der Waals surface area contributed by atoms with Crippen molar-refractivity contribution >= 4 is 33.4 Å². The molecule has 0 aromatic carbocycles. The third-order valence-corrected chi connectivity index (χ3v) is 3.43. The van der Waals surface area contributed by atoms with E-state index in [2.05, 4.69) is 30.6 Å². The van der Waals surface area contributed by atoms with Gasteiger partial charge in [0.2, 0.25) is 0 Å². The third-order valence-electron chi connectivity index (χ3n) is 2.59. The first-order valence-corrected chi connectivity index (χ1v) is 6.30. The lowest BCUT2D eigenvalue weighted by molar-refractivity contribution is -0.135. The van der Waals surface area contributed by atoms with Crippen LogP contribution in [0.25, 0.3) is 5.76 Å². The zero-order valence-electron chi connectivity index (χ0n) is 11.2. The van der Waals surface area contributed by atoms with Crippen LogP contribution in [-0.4, -0.2) is 35.9 Å². The summed E-state index contributed by atoms with van der Waals surface area (Å²) >= 11 is 3.33. The zero-order chi connectivity index (χ0) is 14.6. The normalized spacial score (nSPS) is 13.0. The topological polar surface area (TPSA) is 71.8 Å². The number of carbonyl (C=O) groups excluding carboxylic acids is 1. The van der Waals surface area contributed by atoms with E-state index >= 15 is 0 Å². The maximum atomic E-state index is 11.7. The molecule has 0 bridgehead atoms. The molecule has 1 aromatic rings. The van der Waals surface area contributed by atoms with Crippen molar-refractivity contribution in [3.8, 4) is 0 Å². The van der Waals surface area contributed by atoms with E-state index in [-0.39, 0.29) is 11.3 Å². The molecule has 0 aliphatic carbocycles. The van der Waals surface area contributed by atoms with Gasteiger partial charge in [0.1, 0.15) is 11.3 Å². The van der Waals surface area contributed by atoms with E-state index in [1.807, 2.05) is 0 Å². The van der Waals surface area contributed by atoms with Gasteiger partial charge in [-0.05, 0) is 41.9 Å². The minimum absolute atomic E-state index is 0.0132. The van der Waals surface area contributed by atoms with E-state index < -0.39 is 5.97 Å². The highest BCUT2D eigenvalue weighted by Crippen LogP contribution is 2.20. The Morgan fingerprint density at radius 3 is 2.58 bits per heavy atom. The molecule has 0 aliphatic heterocycles. The molecule has 0 amide bonds. The molecule has 0 radical (unpaired) electrons. The molecule has 0 saturated carbocycles. The first-order valence-electron chi connectivity index (χ1n) is 5.51. The lowest BCUT2D eigenvalue weighted by atomic mass is 10.1. The van der Waals surface area contributed by atoms with Crippen LogP contribution < -0.4 is 0 Å². The second-order valence-corrected chi connectivity index (χ2v) is 4.64. The van der Waals surface area contributed by atoms with Crippen molar-refractivity contribution in [1.29, 1.82) is 0 Å². The molecule has 0 aliphatic rings. The largest absolute Gasteiger partial charge is 0.505 e. The summed E-state index contributed by atoms with van der Waals surface area (Å²) in [4.78, 5) is 19.8. The number of rotatable bonds is 3. The summed E-state index contributed by atoms with van der Waals surface area (Å²) in [5, 5.41) is 10.2. The quantitative estimate of drug-likeness (QED) is 0.401. The number of nitrogens with zero attached hydrogens (tertiary/aromatic N) is 2. The van der Waals surface area contributed by atoms with Crippen LogP contribution in [0.4, 0.5) is 0 Å². The molecule has 0 spiro atoms. The molecule has 19 heavy (non-hydrogen) atoms.